The number of nitrogen functional groups attached to an aromatic ring is 1. The van der Waals surface area contributed by atoms with Crippen LogP contribution in [0.3, 0.4) is 0 Å². The van der Waals surface area contributed by atoms with Crippen LogP contribution in [0.4, 0.5) is 11.5 Å². The summed E-state index contributed by atoms with van der Waals surface area (Å²) in [6.45, 7) is 4.98. The Labute approximate surface area is 120 Å². The lowest BCUT2D eigenvalue weighted by atomic mass is 9.99. The van der Waals surface area contributed by atoms with E-state index in [-0.39, 0.29) is 0 Å². The summed E-state index contributed by atoms with van der Waals surface area (Å²) < 4.78 is 5.46. The Balaban J connectivity index is 1.69. The third-order valence-electron chi connectivity index (χ3n) is 4.36. The highest BCUT2D eigenvalue weighted by molar-refractivity contribution is 5.54. The Bertz CT molecular complexity index is 465. The van der Waals surface area contributed by atoms with Crippen LogP contribution in [-0.4, -0.2) is 41.7 Å². The van der Waals surface area contributed by atoms with Crippen molar-refractivity contribution < 1.29 is 4.74 Å². The van der Waals surface area contributed by atoms with Gasteiger partial charge in [0.15, 0.2) is 0 Å². The van der Waals surface area contributed by atoms with Crippen LogP contribution in [0.15, 0.2) is 12.1 Å². The molecule has 5 nitrogen and oxygen atoms in total. The second-order valence-corrected chi connectivity index (χ2v) is 5.66. The molecule has 3 rings (SSSR count). The van der Waals surface area contributed by atoms with Gasteiger partial charge in [0, 0.05) is 18.6 Å². The molecule has 0 spiro atoms. The number of pyridine rings is 1. The molecule has 5 heteroatoms. The van der Waals surface area contributed by atoms with E-state index in [1.54, 1.807) is 0 Å². The van der Waals surface area contributed by atoms with Crippen LogP contribution in [0.25, 0.3) is 0 Å². The number of aromatic nitrogens is 1. The fourth-order valence-electron chi connectivity index (χ4n) is 3.39. The molecule has 0 saturated carbocycles. The minimum atomic E-state index is 0.501. The van der Waals surface area contributed by atoms with E-state index >= 15 is 0 Å². The molecule has 110 valence electrons. The quantitative estimate of drug-likeness (QED) is 0.882. The molecule has 20 heavy (non-hydrogen) atoms. The van der Waals surface area contributed by atoms with Crippen molar-refractivity contribution in [1.29, 1.82) is 0 Å². The van der Waals surface area contributed by atoms with E-state index < -0.39 is 0 Å². The Morgan fingerprint density at radius 1 is 1.35 bits per heavy atom. The average molecular weight is 276 g/mol. The molecule has 1 aromatic rings. The van der Waals surface area contributed by atoms with Crippen molar-refractivity contribution in [3.8, 4) is 5.88 Å². The van der Waals surface area contributed by atoms with E-state index in [1.165, 1.54) is 38.8 Å². The number of nitrogens with two attached hydrogens (primary N) is 1. The van der Waals surface area contributed by atoms with Gasteiger partial charge in [0.05, 0.1) is 12.3 Å². The normalized spacial score (nSPS) is 26.2. The van der Waals surface area contributed by atoms with Gasteiger partial charge < -0.3 is 15.8 Å². The number of ether oxygens (including phenoxy) is 1. The Morgan fingerprint density at radius 2 is 2.25 bits per heavy atom. The van der Waals surface area contributed by atoms with Gasteiger partial charge in [0.25, 0.3) is 0 Å². The molecule has 2 fully saturated rings. The molecule has 0 aromatic carbocycles. The second kappa shape index (κ2) is 5.87. The number of anilines is 2. The molecule has 0 amide bonds. The summed E-state index contributed by atoms with van der Waals surface area (Å²) in [5.41, 5.74) is 6.47. The first-order chi connectivity index (χ1) is 9.78. The molecule has 2 aliphatic rings. The molecule has 3 N–H and O–H groups in total. The minimum absolute atomic E-state index is 0.501. The summed E-state index contributed by atoms with van der Waals surface area (Å²) in [6.07, 6.45) is 5.18. The third kappa shape index (κ3) is 2.68. The first kappa shape index (κ1) is 13.5. The van der Waals surface area contributed by atoms with Crippen LogP contribution >= 0.6 is 0 Å². The zero-order valence-electron chi connectivity index (χ0n) is 12.1. The molecular formula is C15H24N4O. The van der Waals surface area contributed by atoms with E-state index in [4.69, 9.17) is 10.5 Å². The van der Waals surface area contributed by atoms with Gasteiger partial charge in [-0.15, -0.1) is 0 Å². The van der Waals surface area contributed by atoms with Gasteiger partial charge in [-0.05, 0) is 44.9 Å². The van der Waals surface area contributed by atoms with Gasteiger partial charge in [0.1, 0.15) is 5.82 Å². The number of hydrogen-bond donors (Lipinski definition) is 2. The fraction of sp³-hybridized carbons (Fsp3) is 0.667. The minimum Gasteiger partial charge on any atom is -0.476 e. The maximum absolute atomic E-state index is 5.87. The summed E-state index contributed by atoms with van der Waals surface area (Å²) in [5.74, 6) is 1.41. The molecule has 2 aliphatic heterocycles. The lowest BCUT2D eigenvalue weighted by Crippen LogP contribution is -2.41. The van der Waals surface area contributed by atoms with E-state index in [0.717, 1.165) is 5.82 Å². The summed E-state index contributed by atoms with van der Waals surface area (Å²) in [5, 5.41) is 3.58. The molecule has 2 atom stereocenters. The Hall–Kier alpha value is -1.49. The van der Waals surface area contributed by atoms with Crippen molar-refractivity contribution in [1.82, 2.24) is 9.88 Å². The zero-order valence-corrected chi connectivity index (χ0v) is 12.1. The first-order valence-electron chi connectivity index (χ1n) is 7.68. The van der Waals surface area contributed by atoms with Crippen LogP contribution in [-0.2, 0) is 0 Å². The van der Waals surface area contributed by atoms with E-state index in [9.17, 15) is 0 Å². The van der Waals surface area contributed by atoms with Crippen molar-refractivity contribution in [2.45, 2.75) is 44.7 Å². The van der Waals surface area contributed by atoms with Crippen LogP contribution in [0, 0.1) is 0 Å². The fourth-order valence-corrected chi connectivity index (χ4v) is 3.39. The number of nitrogens with zero attached hydrogens (tertiary/aromatic N) is 2. The highest BCUT2D eigenvalue weighted by Crippen LogP contribution is 2.30. The highest BCUT2D eigenvalue weighted by atomic mass is 16.5. The summed E-state index contributed by atoms with van der Waals surface area (Å²) >= 11 is 0. The highest BCUT2D eigenvalue weighted by Gasteiger charge is 2.35. The predicted molar refractivity (Wildman–Crippen MR) is 81.1 cm³/mol. The monoisotopic (exact) mass is 276 g/mol. The van der Waals surface area contributed by atoms with Gasteiger partial charge in [-0.1, -0.05) is 6.42 Å². The first-order valence-corrected chi connectivity index (χ1v) is 7.68. The van der Waals surface area contributed by atoms with Gasteiger partial charge in [0.2, 0.25) is 5.88 Å². The van der Waals surface area contributed by atoms with Gasteiger partial charge in [-0.3, -0.25) is 4.90 Å². The average Bonchev–Trinajstić information content (AvgIpc) is 2.86. The van der Waals surface area contributed by atoms with Gasteiger partial charge >= 0.3 is 0 Å². The summed E-state index contributed by atoms with van der Waals surface area (Å²) in [6, 6.07) is 4.98. The maximum atomic E-state index is 5.87. The van der Waals surface area contributed by atoms with E-state index in [1.807, 2.05) is 19.1 Å². The largest absolute Gasteiger partial charge is 0.476 e. The van der Waals surface area contributed by atoms with Crippen molar-refractivity contribution in [2.24, 2.45) is 0 Å². The Morgan fingerprint density at radius 3 is 3.10 bits per heavy atom. The zero-order chi connectivity index (χ0) is 13.9. The SMILES string of the molecule is CCOc1nc(NC2CCN3CCCCC23)ccc1N. The van der Waals surface area contributed by atoms with Crippen molar-refractivity contribution >= 4 is 11.5 Å². The van der Waals surface area contributed by atoms with Crippen molar-refractivity contribution in [3.05, 3.63) is 12.1 Å². The van der Waals surface area contributed by atoms with Crippen LogP contribution in [0.2, 0.25) is 0 Å². The van der Waals surface area contributed by atoms with Crippen LogP contribution < -0.4 is 15.8 Å². The molecule has 1 aromatic heterocycles. The van der Waals surface area contributed by atoms with E-state index in [2.05, 4.69) is 15.2 Å². The van der Waals surface area contributed by atoms with E-state index in [0.29, 0.717) is 30.3 Å². The van der Waals surface area contributed by atoms with Crippen molar-refractivity contribution in [2.75, 3.05) is 30.7 Å². The molecule has 0 bridgehead atoms. The lowest BCUT2D eigenvalue weighted by Gasteiger charge is -2.32. The number of nitrogens with one attached hydrogen (secondary N) is 1. The smallest absolute Gasteiger partial charge is 0.239 e. The lowest BCUT2D eigenvalue weighted by molar-refractivity contribution is 0.192. The topological polar surface area (TPSA) is 63.4 Å². The summed E-state index contributed by atoms with van der Waals surface area (Å²) in [4.78, 5) is 7.10. The molecule has 2 unspecified atom stereocenters. The van der Waals surface area contributed by atoms with Crippen LogP contribution in [0.1, 0.15) is 32.6 Å². The number of rotatable bonds is 4. The third-order valence-corrected chi connectivity index (χ3v) is 4.36. The predicted octanol–water partition coefficient (Wildman–Crippen LogP) is 2.10. The van der Waals surface area contributed by atoms with Crippen molar-refractivity contribution in [3.63, 3.8) is 0 Å². The molecule has 0 radical (unpaired) electrons. The number of hydrogen-bond acceptors (Lipinski definition) is 5. The summed E-state index contributed by atoms with van der Waals surface area (Å²) in [7, 11) is 0. The molecule has 0 aliphatic carbocycles. The number of piperidine rings is 1. The molecular weight excluding hydrogens is 252 g/mol. The molecule has 3 heterocycles. The Kier molecular flexibility index (Phi) is 3.96. The van der Waals surface area contributed by atoms with Gasteiger partial charge in [-0.2, -0.15) is 4.98 Å². The molecule has 2 saturated heterocycles. The van der Waals surface area contributed by atoms with Gasteiger partial charge in [-0.25, -0.2) is 0 Å². The second-order valence-electron chi connectivity index (χ2n) is 5.66. The standard InChI is InChI=1S/C15H24N4O/c1-2-20-15-11(16)6-7-14(18-15)17-12-8-10-19-9-4-3-5-13(12)19/h6-7,12-13H,2-5,8-10,16H2,1H3,(H,17,18). The number of fused-ring (bicyclic) bond motifs is 1. The van der Waals surface area contributed by atoms with Crippen LogP contribution in [0.5, 0.6) is 5.88 Å². The maximum Gasteiger partial charge on any atom is 0.239 e.